The van der Waals surface area contributed by atoms with Gasteiger partial charge in [0.1, 0.15) is 10.5 Å². The molecule has 0 radical (unpaired) electrons. The van der Waals surface area contributed by atoms with Crippen LogP contribution in [-0.2, 0) is 0 Å². The van der Waals surface area contributed by atoms with E-state index in [1.54, 1.807) is 59.3 Å². The Hall–Kier alpha value is -2.75. The number of rotatable bonds is 3. The second kappa shape index (κ2) is 14.6. The number of nitrogens with zero attached hydrogens (tertiary/aromatic N) is 6. The zero-order valence-corrected chi connectivity index (χ0v) is 23.4. The summed E-state index contributed by atoms with van der Waals surface area (Å²) in [5.41, 5.74) is 8.20. The van der Waals surface area contributed by atoms with Crippen LogP contribution in [0.2, 0.25) is 0 Å². The van der Waals surface area contributed by atoms with Crippen LogP contribution >= 0.6 is 35.9 Å². The van der Waals surface area contributed by atoms with Crippen LogP contribution in [0, 0.1) is 10.1 Å². The average molecular weight is 647 g/mol. The maximum atomic E-state index is 10.8. The highest BCUT2D eigenvalue weighted by atomic mass is 127. The standard InChI is InChI=1S/C8H7N3O2S.C8H9N3S.C5H7N2.ClH.HI/c1-14-8-7(11(12)13)6-4-2-3-5-10(6)9-8;1-12-8-7(9)6-4-2-3-5-11(6)10-8;6-7-4-2-1-3-5-7;;/h2-5H,1H3;2-5H,9H2,1H3;1-5H,6H2;2*1H/q;;+1;;/p-1. The molecule has 5 rings (SSSR count). The van der Waals surface area contributed by atoms with Crippen molar-refractivity contribution in [1.82, 2.24) is 19.2 Å². The molecule has 0 fully saturated rings. The molecule has 0 aliphatic heterocycles. The van der Waals surface area contributed by atoms with Crippen molar-refractivity contribution in [2.24, 2.45) is 0 Å². The number of nitro groups is 1. The Bertz CT molecular complexity index is 1370. The number of fused-ring (bicyclic) bond motifs is 2. The normalized spacial score (nSPS) is 9.66. The average Bonchev–Trinajstić information content (AvgIpc) is 3.38. The van der Waals surface area contributed by atoms with Crippen LogP contribution in [0.3, 0.4) is 0 Å². The first-order valence-corrected chi connectivity index (χ1v) is 12.0. The van der Waals surface area contributed by atoms with E-state index in [9.17, 15) is 10.1 Å². The molecule has 5 heterocycles. The topological polar surface area (TPSA) is 134 Å². The fraction of sp³-hybridized carbons (Fsp3) is 0.0952. The summed E-state index contributed by atoms with van der Waals surface area (Å²) in [7, 11) is 0. The molecule has 0 amide bonds. The summed E-state index contributed by atoms with van der Waals surface area (Å²) in [5.74, 6) is 5.27. The van der Waals surface area contributed by atoms with Gasteiger partial charge in [-0.25, -0.2) is 14.9 Å². The quantitative estimate of drug-likeness (QED) is 0.0732. The zero-order chi connectivity index (χ0) is 23.8. The number of hydrogen-bond acceptors (Lipinski definition) is 8. The van der Waals surface area contributed by atoms with Gasteiger partial charge in [0.25, 0.3) is 0 Å². The third-order valence-electron chi connectivity index (χ3n) is 4.34. The molecule has 5 aromatic rings. The number of nitrogen functional groups attached to an aromatic ring is 2. The van der Waals surface area contributed by atoms with Gasteiger partial charge in [-0.3, -0.25) is 10.1 Å². The van der Waals surface area contributed by atoms with Crippen LogP contribution < -0.4 is 40.2 Å². The van der Waals surface area contributed by atoms with E-state index in [4.69, 9.17) is 11.6 Å². The molecule has 0 aromatic carbocycles. The first kappa shape index (κ1) is 30.3. The van der Waals surface area contributed by atoms with Crippen LogP contribution in [0.1, 0.15) is 0 Å². The number of pyridine rings is 3. The van der Waals surface area contributed by atoms with E-state index >= 15 is 0 Å². The van der Waals surface area contributed by atoms with Gasteiger partial charge >= 0.3 is 5.69 Å². The molecule has 10 nitrogen and oxygen atoms in total. The molecule has 0 unspecified atom stereocenters. The van der Waals surface area contributed by atoms with E-state index in [0.29, 0.717) is 10.5 Å². The van der Waals surface area contributed by atoms with Gasteiger partial charge in [-0.1, -0.05) is 22.9 Å². The van der Waals surface area contributed by atoms with Crippen LogP contribution in [0.4, 0.5) is 11.4 Å². The summed E-state index contributed by atoms with van der Waals surface area (Å²) >= 11 is 2.84. The number of nitrogens with two attached hydrogens (primary N) is 2. The largest absolute Gasteiger partial charge is 1.00 e. The van der Waals surface area contributed by atoms with Crippen LogP contribution in [0.15, 0.2) is 89.4 Å². The summed E-state index contributed by atoms with van der Waals surface area (Å²) in [4.78, 5) is 10.4. The van der Waals surface area contributed by atoms with Gasteiger partial charge in [0.15, 0.2) is 17.4 Å². The molecule has 0 atom stereocenters. The Morgan fingerprint density at radius 1 is 0.886 bits per heavy atom. The number of hydrogen-bond donors (Lipinski definition) is 2. The van der Waals surface area contributed by atoms with Gasteiger partial charge in [0.2, 0.25) is 0 Å². The maximum Gasteiger partial charge on any atom is 0.328 e. The Morgan fingerprint density at radius 3 is 1.86 bits per heavy atom. The minimum absolute atomic E-state index is 0. The number of aromatic nitrogens is 5. The molecule has 0 bridgehead atoms. The predicted molar refractivity (Wildman–Crippen MR) is 139 cm³/mol. The Morgan fingerprint density at radius 2 is 1.40 bits per heavy atom. The Labute approximate surface area is 233 Å². The van der Waals surface area contributed by atoms with Crippen molar-refractivity contribution in [3.05, 3.63) is 89.5 Å². The maximum absolute atomic E-state index is 10.8. The lowest BCUT2D eigenvalue weighted by Gasteiger charge is -1.89. The second-order valence-electron chi connectivity index (χ2n) is 6.42. The molecular weight excluding hydrogens is 623 g/mol. The van der Waals surface area contributed by atoms with E-state index in [1.165, 1.54) is 21.0 Å². The smallest absolute Gasteiger partial charge is 0.328 e. The lowest BCUT2D eigenvalue weighted by molar-refractivity contribution is -0.638. The Kier molecular flexibility index (Phi) is 12.6. The lowest BCUT2D eigenvalue weighted by Crippen LogP contribution is -3.00. The Balaban J connectivity index is 0.000000268. The van der Waals surface area contributed by atoms with Gasteiger partial charge in [-0.05, 0) is 36.8 Å². The molecule has 0 saturated carbocycles. The highest BCUT2D eigenvalue weighted by Gasteiger charge is 2.21. The minimum Gasteiger partial charge on any atom is -1.00 e. The minimum atomic E-state index is -0.395. The molecule has 186 valence electrons. The zero-order valence-electron chi connectivity index (χ0n) is 18.8. The van der Waals surface area contributed by atoms with Crippen molar-refractivity contribution in [2.45, 2.75) is 10.1 Å². The number of anilines is 1. The third kappa shape index (κ3) is 7.62. The molecule has 0 spiro atoms. The summed E-state index contributed by atoms with van der Waals surface area (Å²) in [6.07, 6.45) is 10.9. The van der Waals surface area contributed by atoms with E-state index in [1.807, 2.05) is 48.9 Å². The highest BCUT2D eigenvalue weighted by molar-refractivity contribution is 7.98. The molecule has 0 aliphatic rings. The molecule has 0 saturated heterocycles. The molecular formula is C21H24ClIN8O2S2. The first-order chi connectivity index (χ1) is 16.0. The lowest BCUT2D eigenvalue weighted by atomic mass is 10.4. The van der Waals surface area contributed by atoms with Crippen molar-refractivity contribution in [3.63, 3.8) is 0 Å². The van der Waals surface area contributed by atoms with Crippen molar-refractivity contribution in [2.75, 3.05) is 24.1 Å². The summed E-state index contributed by atoms with van der Waals surface area (Å²) in [6.45, 7) is 0. The predicted octanol–water partition coefficient (Wildman–Crippen LogP) is 0.717. The molecule has 0 aliphatic carbocycles. The molecule has 14 heteroatoms. The third-order valence-corrected chi connectivity index (χ3v) is 5.69. The molecule has 4 N–H and O–H groups in total. The van der Waals surface area contributed by atoms with Crippen molar-refractivity contribution >= 4 is 58.3 Å². The fourth-order valence-corrected chi connectivity index (χ4v) is 3.87. The van der Waals surface area contributed by atoms with Gasteiger partial charge in [-0.15, -0.1) is 35.9 Å². The fourth-order valence-electron chi connectivity index (χ4n) is 2.83. The van der Waals surface area contributed by atoms with Crippen LogP contribution in [0.25, 0.3) is 11.0 Å². The van der Waals surface area contributed by atoms with Gasteiger partial charge in [0.05, 0.1) is 16.1 Å². The monoisotopic (exact) mass is 646 g/mol. The van der Waals surface area contributed by atoms with E-state index in [2.05, 4.69) is 10.2 Å². The molecule has 35 heavy (non-hydrogen) atoms. The van der Waals surface area contributed by atoms with E-state index in [-0.39, 0.29) is 42.1 Å². The van der Waals surface area contributed by atoms with Crippen LogP contribution in [-0.4, -0.2) is 36.7 Å². The summed E-state index contributed by atoms with van der Waals surface area (Å²) in [5, 5.41) is 20.5. The van der Waals surface area contributed by atoms with Crippen LogP contribution in [0.5, 0.6) is 0 Å². The SMILES string of the molecule is CSc1nn2ccccc2c1N.CSc1nn2ccccc2c1[N+](=O)[O-].Cl.N[n+]1ccccc1.[I-]. The second-order valence-corrected chi connectivity index (χ2v) is 8.01. The summed E-state index contributed by atoms with van der Waals surface area (Å²) < 4.78 is 4.81. The number of thioether (sulfide) groups is 2. The molecule has 5 aromatic heterocycles. The highest BCUT2D eigenvalue weighted by Crippen LogP contribution is 2.30. The van der Waals surface area contributed by atoms with Crippen molar-refractivity contribution in [1.29, 1.82) is 0 Å². The van der Waals surface area contributed by atoms with E-state index in [0.717, 1.165) is 16.2 Å². The van der Waals surface area contributed by atoms with Gasteiger partial charge < -0.3 is 29.7 Å². The van der Waals surface area contributed by atoms with Crippen molar-refractivity contribution in [3.8, 4) is 0 Å². The van der Waals surface area contributed by atoms with E-state index < -0.39 is 4.92 Å². The summed E-state index contributed by atoms with van der Waals surface area (Å²) in [6, 6.07) is 16.7. The number of halogens is 2. The first-order valence-electron chi connectivity index (χ1n) is 9.60. The van der Waals surface area contributed by atoms with Crippen molar-refractivity contribution < 1.29 is 33.6 Å². The van der Waals surface area contributed by atoms with Gasteiger partial charge in [0, 0.05) is 24.5 Å². The van der Waals surface area contributed by atoms with Gasteiger partial charge in [-0.2, -0.15) is 10.2 Å².